The molecule has 0 atom stereocenters. The average Bonchev–Trinajstić information content (AvgIpc) is 2.77. The van der Waals surface area contributed by atoms with Crippen LogP contribution in [0.3, 0.4) is 0 Å². The fourth-order valence-electron chi connectivity index (χ4n) is 3.18. The van der Waals surface area contributed by atoms with Gasteiger partial charge in [0.1, 0.15) is 0 Å². The molecule has 1 saturated carbocycles. The predicted molar refractivity (Wildman–Crippen MR) is 85.4 cm³/mol. The van der Waals surface area contributed by atoms with Gasteiger partial charge in [0.15, 0.2) is 0 Å². The molecule has 1 aliphatic heterocycles. The molecule has 2 aliphatic rings. The molecule has 5 heteroatoms. The Balaban J connectivity index is 1.64. The minimum Gasteiger partial charge on any atom is -0.340 e. The van der Waals surface area contributed by atoms with E-state index in [0.717, 1.165) is 32.1 Å². The van der Waals surface area contributed by atoms with Gasteiger partial charge in [-0.1, -0.05) is 6.42 Å². The van der Waals surface area contributed by atoms with Crippen LogP contribution in [0.25, 0.3) is 0 Å². The number of amides is 1. The molecule has 116 valence electrons. The summed E-state index contributed by atoms with van der Waals surface area (Å²) in [5.41, 5.74) is 0.0323. The third-order valence-corrected chi connectivity index (χ3v) is 6.04. The maximum Gasteiger partial charge on any atom is 0.219 e. The molecule has 0 spiro atoms. The Kier molecular flexibility index (Phi) is 4.06. The number of thiazole rings is 1. The summed E-state index contributed by atoms with van der Waals surface area (Å²) in [6.07, 6.45) is 6.05. The van der Waals surface area contributed by atoms with E-state index in [1.165, 1.54) is 29.1 Å². The molecule has 0 bridgehead atoms. The van der Waals surface area contributed by atoms with Crippen LogP contribution in [0, 0.1) is 0 Å². The maximum absolute atomic E-state index is 11.6. The van der Waals surface area contributed by atoms with Gasteiger partial charge in [0.2, 0.25) is 5.91 Å². The van der Waals surface area contributed by atoms with E-state index in [4.69, 9.17) is 0 Å². The summed E-state index contributed by atoms with van der Waals surface area (Å²) >= 11 is 1.88. The second-order valence-corrected chi connectivity index (χ2v) is 8.11. The minimum absolute atomic E-state index is 0.0323. The van der Waals surface area contributed by atoms with Gasteiger partial charge in [-0.05, 0) is 26.7 Å². The van der Waals surface area contributed by atoms with E-state index in [0.29, 0.717) is 0 Å². The molecular formula is C16H25N3OS. The monoisotopic (exact) mass is 307 g/mol. The molecule has 21 heavy (non-hydrogen) atoms. The maximum atomic E-state index is 11.6. The molecular weight excluding hydrogens is 282 g/mol. The zero-order valence-corrected chi connectivity index (χ0v) is 14.1. The van der Waals surface area contributed by atoms with Crippen molar-refractivity contribution in [3.05, 3.63) is 16.1 Å². The Hall–Kier alpha value is -0.940. The highest BCUT2D eigenvalue weighted by atomic mass is 32.1. The van der Waals surface area contributed by atoms with Crippen molar-refractivity contribution in [1.29, 1.82) is 0 Å². The molecule has 0 radical (unpaired) electrons. The van der Waals surface area contributed by atoms with Gasteiger partial charge >= 0.3 is 0 Å². The van der Waals surface area contributed by atoms with E-state index in [-0.39, 0.29) is 11.4 Å². The van der Waals surface area contributed by atoms with Crippen molar-refractivity contribution in [3.8, 4) is 0 Å². The zero-order valence-electron chi connectivity index (χ0n) is 13.3. The van der Waals surface area contributed by atoms with Crippen LogP contribution < -0.4 is 0 Å². The standard InChI is InChI=1S/C16H25N3OS/c1-12(20)18-7-8-19(16(2,3)11-18)10-14-9-17-15(21-14)13-5-4-6-13/h9,13H,4-8,10-11H2,1-3H3. The highest BCUT2D eigenvalue weighted by Gasteiger charge is 2.35. The molecule has 0 unspecified atom stereocenters. The van der Waals surface area contributed by atoms with E-state index in [1.54, 1.807) is 6.92 Å². The van der Waals surface area contributed by atoms with E-state index in [9.17, 15) is 4.79 Å². The third kappa shape index (κ3) is 3.14. The molecule has 4 nitrogen and oxygen atoms in total. The molecule has 2 heterocycles. The minimum atomic E-state index is 0.0323. The Morgan fingerprint density at radius 3 is 2.76 bits per heavy atom. The van der Waals surface area contributed by atoms with E-state index in [2.05, 4.69) is 29.9 Å². The first kappa shape index (κ1) is 15.0. The van der Waals surface area contributed by atoms with Gasteiger partial charge in [-0.15, -0.1) is 11.3 Å². The van der Waals surface area contributed by atoms with E-state index in [1.807, 2.05) is 16.2 Å². The van der Waals surface area contributed by atoms with Crippen LogP contribution in [-0.2, 0) is 11.3 Å². The fourth-order valence-corrected chi connectivity index (χ4v) is 4.28. The molecule has 1 aromatic rings. The first-order valence-electron chi connectivity index (χ1n) is 7.91. The van der Waals surface area contributed by atoms with Crippen molar-refractivity contribution < 1.29 is 4.79 Å². The smallest absolute Gasteiger partial charge is 0.219 e. The van der Waals surface area contributed by atoms with Crippen LogP contribution in [0.5, 0.6) is 0 Å². The quantitative estimate of drug-likeness (QED) is 0.861. The number of hydrogen-bond acceptors (Lipinski definition) is 4. The number of aromatic nitrogens is 1. The summed E-state index contributed by atoms with van der Waals surface area (Å²) in [5.74, 6) is 0.916. The summed E-state index contributed by atoms with van der Waals surface area (Å²) in [6, 6.07) is 0. The SMILES string of the molecule is CC(=O)N1CCN(Cc2cnc(C3CCC3)s2)C(C)(C)C1. The van der Waals surface area contributed by atoms with Gasteiger partial charge in [-0.2, -0.15) is 0 Å². The summed E-state index contributed by atoms with van der Waals surface area (Å²) < 4.78 is 0. The van der Waals surface area contributed by atoms with E-state index >= 15 is 0 Å². The van der Waals surface area contributed by atoms with Crippen molar-refractivity contribution in [2.75, 3.05) is 19.6 Å². The highest BCUT2D eigenvalue weighted by Crippen LogP contribution is 2.38. The van der Waals surface area contributed by atoms with Gasteiger partial charge in [0.05, 0.1) is 5.01 Å². The number of carbonyl (C=O) groups excluding carboxylic acids is 1. The summed E-state index contributed by atoms with van der Waals surface area (Å²) in [6.45, 7) is 9.70. The lowest BCUT2D eigenvalue weighted by molar-refractivity contribution is -0.134. The lowest BCUT2D eigenvalue weighted by Gasteiger charge is -2.46. The summed E-state index contributed by atoms with van der Waals surface area (Å²) in [7, 11) is 0. The van der Waals surface area contributed by atoms with Crippen LogP contribution >= 0.6 is 11.3 Å². The van der Waals surface area contributed by atoms with Crippen LogP contribution in [0.1, 0.15) is 55.8 Å². The Morgan fingerprint density at radius 2 is 2.19 bits per heavy atom. The number of carbonyl (C=O) groups is 1. The second-order valence-electron chi connectivity index (χ2n) is 6.97. The van der Waals surface area contributed by atoms with Crippen LogP contribution in [0.2, 0.25) is 0 Å². The summed E-state index contributed by atoms with van der Waals surface area (Å²) in [5, 5.41) is 1.33. The van der Waals surface area contributed by atoms with Gasteiger partial charge < -0.3 is 4.90 Å². The van der Waals surface area contributed by atoms with Crippen LogP contribution in [0.4, 0.5) is 0 Å². The van der Waals surface area contributed by atoms with Crippen molar-refractivity contribution in [1.82, 2.24) is 14.8 Å². The molecule has 2 fully saturated rings. The number of hydrogen-bond donors (Lipinski definition) is 0. The predicted octanol–water partition coefficient (Wildman–Crippen LogP) is 2.85. The van der Waals surface area contributed by atoms with Crippen molar-refractivity contribution in [2.24, 2.45) is 0 Å². The Bertz CT molecular complexity index is 521. The van der Waals surface area contributed by atoms with Gasteiger partial charge in [0, 0.05) is 55.6 Å². The average molecular weight is 307 g/mol. The van der Waals surface area contributed by atoms with Crippen LogP contribution in [-0.4, -0.2) is 45.9 Å². The van der Waals surface area contributed by atoms with Crippen molar-refractivity contribution in [2.45, 2.75) is 58.0 Å². The molecule has 1 saturated heterocycles. The number of nitrogens with zero attached hydrogens (tertiary/aromatic N) is 3. The third-order valence-electron chi connectivity index (χ3n) is 4.89. The van der Waals surface area contributed by atoms with Gasteiger partial charge in [-0.25, -0.2) is 4.98 Å². The Morgan fingerprint density at radius 1 is 1.43 bits per heavy atom. The molecule has 3 rings (SSSR count). The number of piperazine rings is 1. The normalized spacial score (nSPS) is 23.1. The second kappa shape index (κ2) is 5.69. The van der Waals surface area contributed by atoms with Crippen LogP contribution in [0.15, 0.2) is 6.20 Å². The zero-order chi connectivity index (χ0) is 15.0. The number of rotatable bonds is 3. The first-order chi connectivity index (χ1) is 9.95. The first-order valence-corrected chi connectivity index (χ1v) is 8.72. The van der Waals surface area contributed by atoms with Gasteiger partial charge in [-0.3, -0.25) is 9.69 Å². The fraction of sp³-hybridized carbons (Fsp3) is 0.750. The molecule has 0 N–H and O–H groups in total. The lowest BCUT2D eigenvalue weighted by atomic mass is 9.86. The molecule has 1 aliphatic carbocycles. The summed E-state index contributed by atoms with van der Waals surface area (Å²) in [4.78, 5) is 22.0. The largest absolute Gasteiger partial charge is 0.340 e. The molecule has 1 aromatic heterocycles. The van der Waals surface area contributed by atoms with Crippen molar-refractivity contribution in [3.63, 3.8) is 0 Å². The molecule has 0 aromatic carbocycles. The highest BCUT2D eigenvalue weighted by molar-refractivity contribution is 7.11. The Labute approximate surface area is 131 Å². The topological polar surface area (TPSA) is 36.4 Å². The lowest BCUT2D eigenvalue weighted by Crippen LogP contribution is -2.59. The van der Waals surface area contributed by atoms with E-state index < -0.39 is 0 Å². The molecule has 1 amide bonds. The van der Waals surface area contributed by atoms with Gasteiger partial charge in [0.25, 0.3) is 0 Å². The van der Waals surface area contributed by atoms with Crippen molar-refractivity contribution >= 4 is 17.2 Å².